The van der Waals surface area contributed by atoms with E-state index in [-0.39, 0.29) is 0 Å². The minimum Gasteiger partial charge on any atom is -0.300 e. The van der Waals surface area contributed by atoms with E-state index in [1.807, 2.05) is 0 Å². The van der Waals surface area contributed by atoms with Crippen molar-refractivity contribution >= 4 is 0 Å². The van der Waals surface area contributed by atoms with Crippen LogP contribution in [0.4, 0.5) is 0 Å². The third-order valence-corrected chi connectivity index (χ3v) is 6.33. The Bertz CT molecular complexity index is 303. The molecule has 0 unspecified atom stereocenters. The normalized spacial score (nSPS) is 34.4. The summed E-state index contributed by atoms with van der Waals surface area (Å²) in [5.41, 5.74) is 0. The smallest absolute Gasteiger partial charge is 0.0161 e. The van der Waals surface area contributed by atoms with Crippen LogP contribution in [0.25, 0.3) is 0 Å². The standard InChI is InChI=1S/C19H36N2/c1-16(2)19(21-14-6-3-7-15-21)17-10-4-5-11-18(17)20-12-8-9-13-20/h16-19H,3-15H2,1-2H3/t17-,18+,19+/m0/s1. The van der Waals surface area contributed by atoms with Crippen molar-refractivity contribution in [2.75, 3.05) is 26.2 Å². The van der Waals surface area contributed by atoms with Crippen molar-refractivity contribution in [3.05, 3.63) is 0 Å². The fraction of sp³-hybridized carbons (Fsp3) is 1.00. The molecule has 0 amide bonds. The van der Waals surface area contributed by atoms with E-state index in [2.05, 4.69) is 23.6 Å². The maximum absolute atomic E-state index is 2.88. The third kappa shape index (κ3) is 3.64. The lowest BCUT2D eigenvalue weighted by atomic mass is 9.74. The van der Waals surface area contributed by atoms with Crippen LogP contribution in [0.5, 0.6) is 0 Å². The van der Waals surface area contributed by atoms with E-state index < -0.39 is 0 Å². The topological polar surface area (TPSA) is 6.48 Å². The second-order valence-electron chi connectivity index (χ2n) is 8.09. The second-order valence-corrected chi connectivity index (χ2v) is 8.09. The van der Waals surface area contributed by atoms with Gasteiger partial charge in [0.25, 0.3) is 0 Å². The highest BCUT2D eigenvalue weighted by Crippen LogP contribution is 2.37. The fourth-order valence-corrected chi connectivity index (χ4v) is 5.47. The number of nitrogens with zero attached hydrogens (tertiary/aromatic N) is 2. The zero-order valence-corrected chi connectivity index (χ0v) is 14.4. The van der Waals surface area contributed by atoms with Gasteiger partial charge in [-0.25, -0.2) is 0 Å². The van der Waals surface area contributed by atoms with Gasteiger partial charge in [0.1, 0.15) is 0 Å². The molecule has 2 saturated heterocycles. The summed E-state index contributed by atoms with van der Waals surface area (Å²) in [6, 6.07) is 1.74. The first-order valence-electron chi connectivity index (χ1n) is 9.75. The Labute approximate surface area is 132 Å². The van der Waals surface area contributed by atoms with Crippen molar-refractivity contribution in [2.45, 2.75) is 83.7 Å². The molecule has 0 aromatic rings. The van der Waals surface area contributed by atoms with Crippen LogP contribution in [-0.2, 0) is 0 Å². The van der Waals surface area contributed by atoms with Crippen molar-refractivity contribution in [3.63, 3.8) is 0 Å². The van der Waals surface area contributed by atoms with Gasteiger partial charge in [0.05, 0.1) is 0 Å². The first-order valence-corrected chi connectivity index (χ1v) is 9.75. The van der Waals surface area contributed by atoms with Gasteiger partial charge in [-0.05, 0) is 76.5 Å². The molecule has 3 fully saturated rings. The Balaban J connectivity index is 1.74. The quantitative estimate of drug-likeness (QED) is 0.768. The van der Waals surface area contributed by atoms with E-state index in [4.69, 9.17) is 0 Å². The molecule has 21 heavy (non-hydrogen) atoms. The van der Waals surface area contributed by atoms with Crippen LogP contribution in [0.15, 0.2) is 0 Å². The van der Waals surface area contributed by atoms with Gasteiger partial charge in [-0.2, -0.15) is 0 Å². The molecule has 3 atom stereocenters. The van der Waals surface area contributed by atoms with Gasteiger partial charge in [-0.1, -0.05) is 33.1 Å². The van der Waals surface area contributed by atoms with Gasteiger partial charge >= 0.3 is 0 Å². The first kappa shape index (κ1) is 15.8. The number of likely N-dealkylation sites (tertiary alicyclic amines) is 2. The monoisotopic (exact) mass is 292 g/mol. The van der Waals surface area contributed by atoms with E-state index in [0.717, 1.165) is 23.9 Å². The molecule has 3 rings (SSSR count). The van der Waals surface area contributed by atoms with Crippen molar-refractivity contribution < 1.29 is 0 Å². The molecule has 0 spiro atoms. The first-order chi connectivity index (χ1) is 10.3. The number of hydrogen-bond donors (Lipinski definition) is 0. The maximum atomic E-state index is 2.88. The minimum atomic E-state index is 0.816. The summed E-state index contributed by atoms with van der Waals surface area (Å²) in [6.07, 6.45) is 13.1. The highest BCUT2D eigenvalue weighted by atomic mass is 15.2. The van der Waals surface area contributed by atoms with Gasteiger partial charge in [-0.15, -0.1) is 0 Å². The van der Waals surface area contributed by atoms with Crippen LogP contribution in [0, 0.1) is 11.8 Å². The predicted octanol–water partition coefficient (Wildman–Crippen LogP) is 4.15. The largest absolute Gasteiger partial charge is 0.300 e. The van der Waals surface area contributed by atoms with Crippen molar-refractivity contribution in [1.82, 2.24) is 9.80 Å². The van der Waals surface area contributed by atoms with Gasteiger partial charge in [-0.3, -0.25) is 4.90 Å². The van der Waals surface area contributed by atoms with Crippen LogP contribution in [0.2, 0.25) is 0 Å². The molecule has 122 valence electrons. The van der Waals surface area contributed by atoms with Gasteiger partial charge in [0, 0.05) is 12.1 Å². The highest BCUT2D eigenvalue weighted by Gasteiger charge is 2.39. The predicted molar refractivity (Wildman–Crippen MR) is 90.6 cm³/mol. The van der Waals surface area contributed by atoms with E-state index >= 15 is 0 Å². The molecule has 0 aromatic carbocycles. The molecule has 2 aliphatic heterocycles. The molecule has 1 aliphatic carbocycles. The lowest BCUT2D eigenvalue weighted by Gasteiger charge is -2.48. The Morgan fingerprint density at radius 3 is 2.00 bits per heavy atom. The van der Waals surface area contributed by atoms with Crippen LogP contribution in [0.3, 0.4) is 0 Å². The number of piperidine rings is 1. The molecule has 0 N–H and O–H groups in total. The molecule has 3 aliphatic rings. The minimum absolute atomic E-state index is 0.816. The Morgan fingerprint density at radius 2 is 1.33 bits per heavy atom. The van der Waals surface area contributed by atoms with Crippen LogP contribution in [0.1, 0.15) is 71.6 Å². The Morgan fingerprint density at radius 1 is 0.714 bits per heavy atom. The molecule has 1 saturated carbocycles. The molecule has 2 nitrogen and oxygen atoms in total. The molecule has 0 bridgehead atoms. The lowest BCUT2D eigenvalue weighted by Crippen LogP contribution is -2.54. The van der Waals surface area contributed by atoms with Crippen molar-refractivity contribution in [1.29, 1.82) is 0 Å². The Kier molecular flexibility index (Phi) is 5.61. The summed E-state index contributed by atoms with van der Waals surface area (Å²) in [5, 5.41) is 0. The summed E-state index contributed by atoms with van der Waals surface area (Å²) in [6.45, 7) is 10.5. The van der Waals surface area contributed by atoms with Crippen LogP contribution in [-0.4, -0.2) is 48.1 Å². The summed E-state index contributed by atoms with van der Waals surface area (Å²) in [7, 11) is 0. The average Bonchev–Trinajstić information content (AvgIpc) is 3.03. The van der Waals surface area contributed by atoms with E-state index in [1.54, 1.807) is 0 Å². The second kappa shape index (κ2) is 7.46. The zero-order valence-electron chi connectivity index (χ0n) is 14.4. The van der Waals surface area contributed by atoms with Crippen LogP contribution >= 0.6 is 0 Å². The summed E-state index contributed by atoms with van der Waals surface area (Å²) in [5.74, 6) is 1.76. The van der Waals surface area contributed by atoms with E-state index in [9.17, 15) is 0 Å². The third-order valence-electron chi connectivity index (χ3n) is 6.33. The van der Waals surface area contributed by atoms with E-state index in [0.29, 0.717) is 0 Å². The molecular formula is C19H36N2. The average molecular weight is 293 g/mol. The maximum Gasteiger partial charge on any atom is 0.0161 e. The molecular weight excluding hydrogens is 256 g/mol. The highest BCUT2D eigenvalue weighted by molar-refractivity contribution is 4.94. The SMILES string of the molecule is CC(C)[C@H]([C@H]1CCCC[C@H]1N1CCCC1)N1CCCCC1. The summed E-state index contributed by atoms with van der Waals surface area (Å²) >= 11 is 0. The van der Waals surface area contributed by atoms with Crippen molar-refractivity contribution in [2.24, 2.45) is 11.8 Å². The number of hydrogen-bond acceptors (Lipinski definition) is 2. The summed E-state index contributed by atoms with van der Waals surface area (Å²) < 4.78 is 0. The Hall–Kier alpha value is -0.0800. The number of rotatable bonds is 4. The molecule has 0 radical (unpaired) electrons. The van der Waals surface area contributed by atoms with Gasteiger partial charge in [0.2, 0.25) is 0 Å². The molecule has 2 heterocycles. The summed E-state index contributed by atoms with van der Waals surface area (Å²) in [4.78, 5) is 5.75. The van der Waals surface area contributed by atoms with Gasteiger partial charge < -0.3 is 4.90 Å². The van der Waals surface area contributed by atoms with Gasteiger partial charge in [0.15, 0.2) is 0 Å². The lowest BCUT2D eigenvalue weighted by molar-refractivity contribution is 0.0150. The molecule has 0 aromatic heterocycles. The fourth-order valence-electron chi connectivity index (χ4n) is 5.47. The van der Waals surface area contributed by atoms with Crippen molar-refractivity contribution in [3.8, 4) is 0 Å². The van der Waals surface area contributed by atoms with E-state index in [1.165, 1.54) is 84.0 Å². The van der Waals surface area contributed by atoms with Crippen LogP contribution < -0.4 is 0 Å². The molecule has 2 heteroatoms. The zero-order chi connectivity index (χ0) is 14.7.